The number of hydrogen-bond acceptors (Lipinski definition) is 4. The molecule has 19 heavy (non-hydrogen) atoms. The number of benzene rings is 1. The van der Waals surface area contributed by atoms with Crippen LogP contribution in [0.4, 0.5) is 0 Å². The summed E-state index contributed by atoms with van der Waals surface area (Å²) in [5, 5.41) is 3.49. The summed E-state index contributed by atoms with van der Waals surface area (Å²) in [6.07, 6.45) is 5.75. The van der Waals surface area contributed by atoms with E-state index in [0.29, 0.717) is 16.7 Å². The highest BCUT2D eigenvalue weighted by molar-refractivity contribution is 7.90. The van der Waals surface area contributed by atoms with Gasteiger partial charge in [-0.3, -0.25) is 0 Å². The first-order valence-electron chi connectivity index (χ1n) is 6.61. The Balaban J connectivity index is 2.20. The van der Waals surface area contributed by atoms with Gasteiger partial charge in [0.1, 0.15) is 5.75 Å². The predicted molar refractivity (Wildman–Crippen MR) is 75.4 cm³/mol. The lowest BCUT2D eigenvalue weighted by Gasteiger charge is -2.24. The van der Waals surface area contributed by atoms with Gasteiger partial charge in [-0.25, -0.2) is 8.42 Å². The maximum absolute atomic E-state index is 11.5. The first kappa shape index (κ1) is 14.3. The summed E-state index contributed by atoms with van der Waals surface area (Å²) in [5.74, 6) is 0.662. The molecule has 1 aromatic rings. The molecule has 1 atom stereocenters. The van der Waals surface area contributed by atoms with Crippen LogP contribution >= 0.6 is 0 Å². The van der Waals surface area contributed by atoms with Gasteiger partial charge in [0.15, 0.2) is 9.84 Å². The minimum Gasteiger partial charge on any atom is -0.496 e. The summed E-state index contributed by atoms with van der Waals surface area (Å²) < 4.78 is 28.4. The number of sulfone groups is 1. The van der Waals surface area contributed by atoms with Gasteiger partial charge in [0.2, 0.25) is 0 Å². The molecule has 4 nitrogen and oxygen atoms in total. The van der Waals surface area contributed by atoms with E-state index in [9.17, 15) is 8.42 Å². The van der Waals surface area contributed by atoms with Gasteiger partial charge < -0.3 is 10.1 Å². The maximum atomic E-state index is 11.5. The van der Waals surface area contributed by atoms with Crippen LogP contribution in [0.3, 0.4) is 0 Å². The minimum atomic E-state index is -3.18. The van der Waals surface area contributed by atoms with Crippen LogP contribution in [0.15, 0.2) is 23.1 Å². The van der Waals surface area contributed by atoms with Gasteiger partial charge in [0.05, 0.1) is 12.0 Å². The van der Waals surface area contributed by atoms with E-state index in [0.717, 1.165) is 24.9 Å². The molecule has 0 saturated carbocycles. The largest absolute Gasteiger partial charge is 0.496 e. The molecule has 1 saturated heterocycles. The van der Waals surface area contributed by atoms with Crippen LogP contribution in [0.5, 0.6) is 5.75 Å². The SMILES string of the molecule is COc1cc(S(C)(=O)=O)ccc1CC1CCCCN1. The highest BCUT2D eigenvalue weighted by Gasteiger charge is 2.17. The molecule has 1 aliphatic rings. The Morgan fingerprint density at radius 1 is 1.37 bits per heavy atom. The first-order chi connectivity index (χ1) is 9.00. The fraction of sp³-hybridized carbons (Fsp3) is 0.571. The molecule has 0 bridgehead atoms. The second-order valence-corrected chi connectivity index (χ2v) is 7.11. The fourth-order valence-electron chi connectivity index (χ4n) is 2.49. The van der Waals surface area contributed by atoms with Crippen molar-refractivity contribution in [1.29, 1.82) is 0 Å². The molecule has 0 aromatic heterocycles. The van der Waals surface area contributed by atoms with Crippen LogP contribution in [0.2, 0.25) is 0 Å². The van der Waals surface area contributed by atoms with E-state index >= 15 is 0 Å². The van der Waals surface area contributed by atoms with Crippen molar-refractivity contribution in [3.8, 4) is 5.75 Å². The third-order valence-corrected chi connectivity index (χ3v) is 4.68. The fourth-order valence-corrected chi connectivity index (χ4v) is 3.12. The number of nitrogens with one attached hydrogen (secondary N) is 1. The zero-order valence-electron chi connectivity index (χ0n) is 11.5. The minimum absolute atomic E-state index is 0.310. The molecule has 1 unspecified atom stereocenters. The Morgan fingerprint density at radius 3 is 2.74 bits per heavy atom. The molecule has 1 fully saturated rings. The van der Waals surface area contributed by atoms with E-state index in [1.165, 1.54) is 19.1 Å². The molecule has 1 heterocycles. The highest BCUT2D eigenvalue weighted by atomic mass is 32.2. The van der Waals surface area contributed by atoms with E-state index in [-0.39, 0.29) is 0 Å². The molecule has 106 valence electrons. The third-order valence-electron chi connectivity index (χ3n) is 3.57. The number of methoxy groups -OCH3 is 1. The summed E-state index contributed by atoms with van der Waals surface area (Å²) >= 11 is 0. The Labute approximate surface area is 115 Å². The van der Waals surface area contributed by atoms with Crippen molar-refractivity contribution in [2.45, 2.75) is 36.6 Å². The summed E-state index contributed by atoms with van der Waals surface area (Å²) in [4.78, 5) is 0.310. The number of hydrogen-bond donors (Lipinski definition) is 1. The zero-order valence-corrected chi connectivity index (χ0v) is 12.3. The second kappa shape index (κ2) is 5.92. The van der Waals surface area contributed by atoms with E-state index < -0.39 is 9.84 Å². The zero-order chi connectivity index (χ0) is 13.9. The maximum Gasteiger partial charge on any atom is 0.175 e. The molecule has 0 radical (unpaired) electrons. The predicted octanol–water partition coefficient (Wildman–Crippen LogP) is 1.78. The van der Waals surface area contributed by atoms with E-state index in [2.05, 4.69) is 5.32 Å². The van der Waals surface area contributed by atoms with Crippen LogP contribution < -0.4 is 10.1 Å². The Morgan fingerprint density at radius 2 is 2.16 bits per heavy atom. The lowest BCUT2D eigenvalue weighted by molar-refractivity contribution is 0.381. The monoisotopic (exact) mass is 283 g/mol. The van der Waals surface area contributed by atoms with Crippen LogP contribution in [-0.4, -0.2) is 34.4 Å². The molecule has 2 rings (SSSR count). The van der Waals surface area contributed by atoms with Gasteiger partial charge in [-0.2, -0.15) is 0 Å². The summed E-state index contributed by atoms with van der Waals surface area (Å²) in [7, 11) is -1.60. The van der Waals surface area contributed by atoms with Gasteiger partial charge in [-0.05, 0) is 43.5 Å². The molecule has 0 aliphatic carbocycles. The Kier molecular flexibility index (Phi) is 4.47. The molecular weight excluding hydrogens is 262 g/mol. The summed E-state index contributed by atoms with van der Waals surface area (Å²) in [6, 6.07) is 5.61. The summed E-state index contributed by atoms with van der Waals surface area (Å²) in [6.45, 7) is 1.06. The lowest BCUT2D eigenvalue weighted by Crippen LogP contribution is -2.35. The third kappa shape index (κ3) is 3.70. The molecule has 5 heteroatoms. The van der Waals surface area contributed by atoms with E-state index in [1.54, 1.807) is 19.2 Å². The highest BCUT2D eigenvalue weighted by Crippen LogP contribution is 2.25. The van der Waals surface area contributed by atoms with Crippen molar-refractivity contribution in [2.24, 2.45) is 0 Å². The average molecular weight is 283 g/mol. The second-order valence-electron chi connectivity index (χ2n) is 5.10. The molecular formula is C14H21NO3S. The van der Waals surface area contributed by atoms with Crippen LogP contribution in [0, 0.1) is 0 Å². The molecule has 0 spiro atoms. The van der Waals surface area contributed by atoms with Crippen molar-refractivity contribution in [3.63, 3.8) is 0 Å². The number of ether oxygens (including phenoxy) is 1. The van der Waals surface area contributed by atoms with Gasteiger partial charge in [0, 0.05) is 12.3 Å². The van der Waals surface area contributed by atoms with Crippen molar-refractivity contribution in [3.05, 3.63) is 23.8 Å². The molecule has 0 amide bonds. The number of rotatable bonds is 4. The molecule has 1 N–H and O–H groups in total. The Bertz CT molecular complexity index is 534. The molecule has 1 aliphatic heterocycles. The summed E-state index contributed by atoms with van der Waals surface area (Å²) in [5.41, 5.74) is 1.06. The average Bonchev–Trinajstić information content (AvgIpc) is 2.39. The van der Waals surface area contributed by atoms with Crippen molar-refractivity contribution in [2.75, 3.05) is 19.9 Å². The van der Waals surface area contributed by atoms with Crippen LogP contribution in [0.25, 0.3) is 0 Å². The van der Waals surface area contributed by atoms with Gasteiger partial charge in [-0.15, -0.1) is 0 Å². The van der Waals surface area contributed by atoms with Crippen LogP contribution in [0.1, 0.15) is 24.8 Å². The lowest BCUT2D eigenvalue weighted by atomic mass is 9.97. The van der Waals surface area contributed by atoms with Gasteiger partial charge in [-0.1, -0.05) is 12.5 Å². The van der Waals surface area contributed by atoms with Crippen molar-refractivity contribution in [1.82, 2.24) is 5.32 Å². The molecule has 1 aromatic carbocycles. The van der Waals surface area contributed by atoms with Gasteiger partial charge >= 0.3 is 0 Å². The Hall–Kier alpha value is -1.07. The number of piperidine rings is 1. The van der Waals surface area contributed by atoms with E-state index in [1.807, 2.05) is 6.07 Å². The quantitative estimate of drug-likeness (QED) is 0.915. The first-order valence-corrected chi connectivity index (χ1v) is 8.50. The van der Waals surface area contributed by atoms with Crippen molar-refractivity contribution >= 4 is 9.84 Å². The van der Waals surface area contributed by atoms with Crippen molar-refractivity contribution < 1.29 is 13.2 Å². The smallest absolute Gasteiger partial charge is 0.175 e. The standard InChI is InChI=1S/C14H21NO3S/c1-18-14-10-13(19(2,16)17)7-6-11(14)9-12-5-3-4-8-15-12/h6-7,10,12,15H,3-5,8-9H2,1-2H3. The van der Waals surface area contributed by atoms with Gasteiger partial charge in [0.25, 0.3) is 0 Å². The van der Waals surface area contributed by atoms with Crippen LogP contribution in [-0.2, 0) is 16.3 Å². The van der Waals surface area contributed by atoms with E-state index in [4.69, 9.17) is 4.74 Å². The normalized spacial score (nSPS) is 20.2. The topological polar surface area (TPSA) is 55.4 Å².